The summed E-state index contributed by atoms with van der Waals surface area (Å²) in [6.07, 6.45) is -3.95. The zero-order valence-electron chi connectivity index (χ0n) is 12.5. The van der Waals surface area contributed by atoms with E-state index in [1.54, 1.807) is 0 Å². The minimum atomic E-state index is -4.18. The summed E-state index contributed by atoms with van der Waals surface area (Å²) in [7, 11) is 3.83. The highest BCUT2D eigenvalue weighted by Gasteiger charge is 2.42. The summed E-state index contributed by atoms with van der Waals surface area (Å²) in [5.74, 6) is -1.56. The number of hydrogen-bond donors (Lipinski definition) is 2. The summed E-state index contributed by atoms with van der Waals surface area (Å²) in [6.45, 7) is 4.25. The molecule has 1 aliphatic rings. The average Bonchev–Trinajstić information content (AvgIpc) is 2.35. The topological polar surface area (TPSA) is 44.4 Å². The average molecular weight is 295 g/mol. The Morgan fingerprint density at radius 1 is 1.30 bits per heavy atom. The lowest BCUT2D eigenvalue weighted by Gasteiger charge is -2.34. The molecule has 1 rings (SSSR count). The molecule has 118 valence electrons. The molecule has 1 saturated heterocycles. The van der Waals surface area contributed by atoms with Gasteiger partial charge in [-0.3, -0.25) is 4.79 Å². The third-order valence-electron chi connectivity index (χ3n) is 4.10. The predicted molar refractivity (Wildman–Crippen MR) is 71.3 cm³/mol. The monoisotopic (exact) mass is 295 g/mol. The van der Waals surface area contributed by atoms with E-state index in [9.17, 15) is 18.0 Å². The van der Waals surface area contributed by atoms with E-state index in [0.717, 1.165) is 0 Å². The standard InChI is InChI=1S/C13H24F3N3O/c1-12(2,19(3)4)8-18-11(20)10-6-5-9(7-17-10)13(14,15)16/h9-10,17H,5-8H2,1-4H3,(H,18,20). The molecule has 2 atom stereocenters. The van der Waals surface area contributed by atoms with E-state index in [2.05, 4.69) is 10.6 Å². The lowest BCUT2D eigenvalue weighted by molar-refractivity contribution is -0.180. The van der Waals surface area contributed by atoms with Crippen molar-refractivity contribution in [1.82, 2.24) is 15.5 Å². The summed E-state index contributed by atoms with van der Waals surface area (Å²) < 4.78 is 37.5. The van der Waals surface area contributed by atoms with Crippen molar-refractivity contribution in [3.8, 4) is 0 Å². The van der Waals surface area contributed by atoms with Gasteiger partial charge in [-0.05, 0) is 40.8 Å². The van der Waals surface area contributed by atoms with Crippen LogP contribution in [-0.4, -0.2) is 55.7 Å². The van der Waals surface area contributed by atoms with Crippen molar-refractivity contribution in [2.45, 2.75) is 44.4 Å². The van der Waals surface area contributed by atoms with Crippen molar-refractivity contribution < 1.29 is 18.0 Å². The number of carbonyl (C=O) groups is 1. The molecule has 0 saturated carbocycles. The molecular weight excluding hydrogens is 271 g/mol. The Labute approximate surface area is 118 Å². The predicted octanol–water partition coefficient (Wildman–Crippen LogP) is 1.37. The molecule has 0 aromatic rings. The van der Waals surface area contributed by atoms with E-state index in [0.29, 0.717) is 6.54 Å². The van der Waals surface area contributed by atoms with Crippen molar-refractivity contribution in [3.63, 3.8) is 0 Å². The van der Waals surface area contributed by atoms with Gasteiger partial charge in [0, 0.05) is 18.6 Å². The number of halogens is 3. The van der Waals surface area contributed by atoms with E-state index >= 15 is 0 Å². The fourth-order valence-corrected chi connectivity index (χ4v) is 1.94. The largest absolute Gasteiger partial charge is 0.393 e. The van der Waals surface area contributed by atoms with Gasteiger partial charge in [0.05, 0.1) is 12.0 Å². The molecule has 4 nitrogen and oxygen atoms in total. The Balaban J connectivity index is 2.40. The maximum absolute atomic E-state index is 12.5. The number of piperidine rings is 1. The van der Waals surface area contributed by atoms with Crippen LogP contribution in [0.2, 0.25) is 0 Å². The maximum atomic E-state index is 12.5. The van der Waals surface area contributed by atoms with Crippen LogP contribution in [0.15, 0.2) is 0 Å². The second-order valence-electron chi connectivity index (χ2n) is 6.20. The molecule has 2 unspecified atom stereocenters. The van der Waals surface area contributed by atoms with Crippen LogP contribution in [0.25, 0.3) is 0 Å². The van der Waals surface area contributed by atoms with Gasteiger partial charge < -0.3 is 15.5 Å². The molecule has 0 spiro atoms. The highest BCUT2D eigenvalue weighted by Crippen LogP contribution is 2.31. The number of rotatable bonds is 4. The van der Waals surface area contributed by atoms with Gasteiger partial charge >= 0.3 is 6.18 Å². The van der Waals surface area contributed by atoms with E-state index < -0.39 is 18.1 Å². The van der Waals surface area contributed by atoms with Crippen LogP contribution in [0.4, 0.5) is 13.2 Å². The number of carbonyl (C=O) groups excluding carboxylic acids is 1. The number of nitrogens with one attached hydrogen (secondary N) is 2. The lowest BCUT2D eigenvalue weighted by Crippen LogP contribution is -2.55. The molecule has 1 aliphatic heterocycles. The fourth-order valence-electron chi connectivity index (χ4n) is 1.94. The summed E-state index contributed by atoms with van der Waals surface area (Å²) in [5, 5.41) is 5.50. The molecule has 20 heavy (non-hydrogen) atoms. The third kappa shape index (κ3) is 4.63. The molecule has 2 N–H and O–H groups in total. The van der Waals surface area contributed by atoms with Crippen molar-refractivity contribution in [3.05, 3.63) is 0 Å². The van der Waals surface area contributed by atoms with Crippen LogP contribution in [0.5, 0.6) is 0 Å². The highest BCUT2D eigenvalue weighted by atomic mass is 19.4. The minimum Gasteiger partial charge on any atom is -0.353 e. The van der Waals surface area contributed by atoms with Crippen LogP contribution in [0, 0.1) is 5.92 Å². The maximum Gasteiger partial charge on any atom is 0.393 e. The zero-order valence-corrected chi connectivity index (χ0v) is 12.5. The van der Waals surface area contributed by atoms with Crippen LogP contribution in [-0.2, 0) is 4.79 Å². The van der Waals surface area contributed by atoms with Crippen LogP contribution < -0.4 is 10.6 Å². The Kier molecular flexibility index (Phi) is 5.43. The zero-order chi connectivity index (χ0) is 15.6. The lowest BCUT2D eigenvalue weighted by atomic mass is 9.93. The summed E-state index contributed by atoms with van der Waals surface area (Å²) in [6, 6.07) is -0.522. The van der Waals surface area contributed by atoms with Gasteiger partial charge in [-0.2, -0.15) is 13.2 Å². The van der Waals surface area contributed by atoms with Gasteiger partial charge in [-0.15, -0.1) is 0 Å². The first-order valence-corrected chi connectivity index (χ1v) is 6.79. The Bertz CT molecular complexity index is 334. The molecule has 1 fully saturated rings. The van der Waals surface area contributed by atoms with Crippen LogP contribution >= 0.6 is 0 Å². The quantitative estimate of drug-likeness (QED) is 0.823. The van der Waals surface area contributed by atoms with Crippen molar-refractivity contribution >= 4 is 5.91 Å². The number of nitrogens with zero attached hydrogens (tertiary/aromatic N) is 1. The minimum absolute atomic E-state index is 0.00562. The molecule has 0 bridgehead atoms. The first-order valence-electron chi connectivity index (χ1n) is 6.79. The normalized spacial score (nSPS) is 24.8. The van der Waals surface area contributed by atoms with Gasteiger partial charge in [-0.1, -0.05) is 0 Å². The summed E-state index contributed by atoms with van der Waals surface area (Å²) in [5.41, 5.74) is -0.196. The fraction of sp³-hybridized carbons (Fsp3) is 0.923. The van der Waals surface area contributed by atoms with E-state index in [-0.39, 0.29) is 30.8 Å². The molecule has 0 aliphatic carbocycles. The van der Waals surface area contributed by atoms with Gasteiger partial charge in [0.25, 0.3) is 0 Å². The summed E-state index contributed by atoms with van der Waals surface area (Å²) >= 11 is 0. The molecule has 1 amide bonds. The molecular formula is C13H24F3N3O. The van der Waals surface area contributed by atoms with Crippen molar-refractivity contribution in [1.29, 1.82) is 0 Å². The van der Waals surface area contributed by atoms with Gasteiger partial charge in [0.1, 0.15) is 0 Å². The highest BCUT2D eigenvalue weighted by molar-refractivity contribution is 5.81. The SMILES string of the molecule is CN(C)C(C)(C)CNC(=O)C1CCC(C(F)(F)F)CN1. The number of amides is 1. The van der Waals surface area contributed by atoms with Gasteiger partial charge in [0.15, 0.2) is 0 Å². The van der Waals surface area contributed by atoms with Crippen LogP contribution in [0.3, 0.4) is 0 Å². The van der Waals surface area contributed by atoms with Gasteiger partial charge in [-0.25, -0.2) is 0 Å². The van der Waals surface area contributed by atoms with Crippen molar-refractivity contribution in [2.75, 3.05) is 27.2 Å². The first-order chi connectivity index (χ1) is 9.04. The van der Waals surface area contributed by atoms with Crippen LogP contribution in [0.1, 0.15) is 26.7 Å². The smallest absolute Gasteiger partial charge is 0.353 e. The summed E-state index contributed by atoms with van der Waals surface area (Å²) in [4.78, 5) is 13.9. The van der Waals surface area contributed by atoms with E-state index in [1.165, 1.54) is 0 Å². The molecule has 0 radical (unpaired) electrons. The molecule has 7 heteroatoms. The third-order valence-corrected chi connectivity index (χ3v) is 4.10. The first kappa shape index (κ1) is 17.2. The second kappa shape index (κ2) is 6.30. The Hall–Kier alpha value is -0.820. The van der Waals surface area contributed by atoms with Gasteiger partial charge in [0.2, 0.25) is 5.91 Å². The Morgan fingerprint density at radius 2 is 1.90 bits per heavy atom. The Morgan fingerprint density at radius 3 is 2.30 bits per heavy atom. The number of hydrogen-bond acceptors (Lipinski definition) is 3. The number of alkyl halides is 3. The second-order valence-corrected chi connectivity index (χ2v) is 6.20. The van der Waals surface area contributed by atoms with Crippen molar-refractivity contribution in [2.24, 2.45) is 5.92 Å². The molecule has 1 heterocycles. The molecule has 0 aromatic carbocycles. The number of likely N-dealkylation sites (N-methyl/N-ethyl adjacent to an activating group) is 1. The van der Waals surface area contributed by atoms with E-state index in [1.807, 2.05) is 32.8 Å². The molecule has 0 aromatic heterocycles. The van der Waals surface area contributed by atoms with E-state index in [4.69, 9.17) is 0 Å².